The van der Waals surface area contributed by atoms with Crippen LogP contribution >= 0.6 is 0 Å². The lowest BCUT2D eigenvalue weighted by molar-refractivity contribution is -0.144. The van der Waals surface area contributed by atoms with Gasteiger partial charge in [0.2, 0.25) is 58.2 Å². The highest BCUT2D eigenvalue weighted by atomic mass is 32.2. The molecule has 9 amide bonds. The second-order valence-electron chi connectivity index (χ2n) is 16.1. The Morgan fingerprint density at radius 3 is 2.22 bits per heavy atom. The van der Waals surface area contributed by atoms with E-state index < -0.39 is 176 Å². The maximum atomic E-state index is 14.6. The van der Waals surface area contributed by atoms with Gasteiger partial charge >= 0.3 is 0 Å². The minimum absolute atomic E-state index is 0.0800. The molecule has 25 heteroatoms. The lowest BCUT2D eigenvalue weighted by Crippen LogP contribution is -2.62. The second-order valence-corrected chi connectivity index (χ2v) is 17.6. The van der Waals surface area contributed by atoms with Crippen LogP contribution in [0.1, 0.15) is 45.6 Å². The van der Waals surface area contributed by atoms with Crippen LogP contribution in [-0.2, 0) is 60.7 Å². The number of aliphatic hydroxyl groups is 3. The largest absolute Gasteiger partial charge is 0.610 e. The van der Waals surface area contributed by atoms with E-state index in [0.29, 0.717) is 6.42 Å². The Bertz CT molecular complexity index is 2160. The number of nitrogens with zero attached hydrogens (tertiary/aromatic N) is 1. The Morgan fingerprint density at radius 2 is 1.56 bits per heavy atom. The molecule has 0 radical (unpaired) electrons. The van der Waals surface area contributed by atoms with Crippen molar-refractivity contribution in [3.8, 4) is 5.75 Å². The lowest BCUT2D eigenvalue weighted by Gasteiger charge is -2.32. The summed E-state index contributed by atoms with van der Waals surface area (Å²) in [5.74, 6) is -12.1. The molecule has 1 aromatic heterocycles. The normalized spacial score (nSPS) is 28.5. The van der Waals surface area contributed by atoms with Crippen molar-refractivity contribution in [2.24, 2.45) is 17.6 Å². The molecule has 24 nitrogen and oxygen atoms in total. The molecule has 14 N–H and O–H groups in total. The number of aromatic amines is 1. The summed E-state index contributed by atoms with van der Waals surface area (Å²) in [6.45, 7) is 1.76. The number of hydrogen-bond donors (Lipinski definition) is 13. The van der Waals surface area contributed by atoms with Gasteiger partial charge in [-0.25, -0.2) is 0 Å². The first-order valence-electron chi connectivity index (χ1n) is 20.6. The van der Waals surface area contributed by atoms with Crippen molar-refractivity contribution in [3.63, 3.8) is 0 Å². The number of aromatic hydroxyl groups is 1. The SMILES string of the molecule is CC[C@H](C)[C@@H]1NC(=O)CNC(=O)C2Cc3c([nH]c4cc(O)ccc34)[S@+]([O-])C[C@H](NC(=O)CNC1=O)C(=O)N[C@@H](CC(N)=O)C(=O)N1CC(O)C[C@H]1C(=O)N[C@@H]([C@@H](C)[C@@H](O)CO)C(=O)N2. The van der Waals surface area contributed by atoms with Gasteiger partial charge in [-0.15, -0.1) is 0 Å². The molecule has 2 bridgehead atoms. The topological polar surface area (TPSA) is 387 Å². The number of phenols is 1. The number of amides is 9. The minimum atomic E-state index is -2.38. The molecule has 2 unspecified atom stereocenters. The molecule has 2 aromatic rings. The molecule has 0 aliphatic carbocycles. The average molecular weight is 919 g/mol. The number of aliphatic hydroxyl groups excluding tert-OH is 3. The fourth-order valence-electron chi connectivity index (χ4n) is 7.70. The maximum absolute atomic E-state index is 14.6. The van der Waals surface area contributed by atoms with Gasteiger partial charge < -0.3 is 77.8 Å². The molecular weight excluding hydrogens is 865 g/mol. The first kappa shape index (κ1) is 49.0. The summed E-state index contributed by atoms with van der Waals surface area (Å²) in [5, 5.41) is 58.8. The van der Waals surface area contributed by atoms with Crippen LogP contribution in [0, 0.1) is 11.8 Å². The fraction of sp³-hybridized carbons (Fsp3) is 0.564. The summed E-state index contributed by atoms with van der Waals surface area (Å²) in [4.78, 5) is 127. The standard InChI is InChI=1S/C39H54N10O14S/c1-4-16(2)31-36(60)42-11-29(55)43-25-15-64(63)38-21(20-6-5-18(51)7-22(20)46-38)9-23(33(57)41-12-30(56)47-31)44-37(61)32(17(3)27(53)14-50)48-35(59)26-8-19(52)13-49(26)39(62)24(10-28(40)54)45-34(25)58/h5-7,16-17,19,23-27,31-32,46,50-53H,4,8-15H2,1-3H3,(H2,40,54)(H,41,57)(H,42,60)(H,43,55)(H,44,61)(H,45,58)(H,47,56)(H,48,59)/t16-,17-,19?,23?,24-,25-,26-,27-,31-,32-,64+/m0/s1. The van der Waals surface area contributed by atoms with E-state index >= 15 is 0 Å². The molecule has 4 heterocycles. The average Bonchev–Trinajstić information content (AvgIpc) is 3.82. The van der Waals surface area contributed by atoms with E-state index in [9.17, 15) is 68.1 Å². The summed E-state index contributed by atoms with van der Waals surface area (Å²) in [5.41, 5.74) is 5.73. The zero-order valence-electron chi connectivity index (χ0n) is 35.2. The van der Waals surface area contributed by atoms with Gasteiger partial charge in [0.25, 0.3) is 0 Å². The molecule has 3 aliphatic heterocycles. The minimum Gasteiger partial charge on any atom is -0.610 e. The number of H-pyrrole nitrogens is 1. The number of benzene rings is 1. The van der Waals surface area contributed by atoms with Crippen LogP contribution in [0.3, 0.4) is 0 Å². The fourth-order valence-corrected chi connectivity index (χ4v) is 9.10. The van der Waals surface area contributed by atoms with Crippen LogP contribution in [0.5, 0.6) is 5.75 Å². The van der Waals surface area contributed by atoms with Gasteiger partial charge in [-0.3, -0.25) is 43.2 Å². The smallest absolute Gasteiger partial charge is 0.248 e. The zero-order chi connectivity index (χ0) is 47.2. The summed E-state index contributed by atoms with van der Waals surface area (Å²) in [6.07, 6.45) is -4.42. The van der Waals surface area contributed by atoms with Crippen LogP contribution in [-0.4, -0.2) is 168 Å². The third-order valence-electron chi connectivity index (χ3n) is 11.5. The summed E-state index contributed by atoms with van der Waals surface area (Å²) in [7, 11) is 0. The van der Waals surface area contributed by atoms with Crippen LogP contribution < -0.4 is 43.0 Å². The Kier molecular flexibility index (Phi) is 16.2. The van der Waals surface area contributed by atoms with Crippen LogP contribution in [0.2, 0.25) is 0 Å². The van der Waals surface area contributed by atoms with E-state index in [2.05, 4.69) is 42.2 Å². The van der Waals surface area contributed by atoms with Crippen molar-refractivity contribution in [1.29, 1.82) is 0 Å². The summed E-state index contributed by atoms with van der Waals surface area (Å²) >= 11 is -2.38. The number of carbonyl (C=O) groups excluding carboxylic acids is 9. The molecule has 0 saturated carbocycles. The lowest BCUT2D eigenvalue weighted by atomic mass is 9.93. The van der Waals surface area contributed by atoms with Gasteiger partial charge in [-0.1, -0.05) is 27.2 Å². The van der Waals surface area contributed by atoms with Gasteiger partial charge in [0.05, 0.1) is 43.8 Å². The number of primary amides is 1. The zero-order valence-corrected chi connectivity index (χ0v) is 36.0. The van der Waals surface area contributed by atoms with Crippen molar-refractivity contribution in [2.45, 2.75) is 99.9 Å². The third-order valence-corrected chi connectivity index (χ3v) is 13.0. The van der Waals surface area contributed by atoms with Gasteiger partial charge in [0.1, 0.15) is 41.7 Å². The van der Waals surface area contributed by atoms with Crippen molar-refractivity contribution in [2.75, 3.05) is 32.0 Å². The Balaban J connectivity index is 1.73. The third kappa shape index (κ3) is 11.6. The van der Waals surface area contributed by atoms with E-state index in [1.807, 2.05) is 0 Å². The van der Waals surface area contributed by atoms with E-state index in [1.165, 1.54) is 25.1 Å². The summed E-state index contributed by atoms with van der Waals surface area (Å²) in [6, 6.07) is -5.99. The molecule has 11 atom stereocenters. The molecule has 64 heavy (non-hydrogen) atoms. The number of aromatic nitrogens is 1. The summed E-state index contributed by atoms with van der Waals surface area (Å²) < 4.78 is 14.6. The number of nitrogens with two attached hydrogens (primary N) is 1. The highest BCUT2D eigenvalue weighted by Crippen LogP contribution is 2.31. The quantitative estimate of drug-likeness (QED) is 0.115. The highest BCUT2D eigenvalue weighted by molar-refractivity contribution is 7.91. The second kappa shape index (κ2) is 21.1. The van der Waals surface area contributed by atoms with E-state index in [4.69, 9.17) is 5.73 Å². The molecule has 1 saturated heterocycles. The number of hydrogen-bond acceptors (Lipinski definition) is 14. The van der Waals surface area contributed by atoms with Crippen LogP contribution in [0.15, 0.2) is 23.2 Å². The van der Waals surface area contributed by atoms with Crippen molar-refractivity contribution >= 4 is 75.2 Å². The molecule has 1 fully saturated rings. The monoisotopic (exact) mass is 918 g/mol. The van der Waals surface area contributed by atoms with Gasteiger partial charge in [-0.05, 0) is 18.1 Å². The van der Waals surface area contributed by atoms with Gasteiger partial charge in [0.15, 0.2) is 6.04 Å². The number of fused-ring (bicyclic) bond motifs is 5. The Hall–Kier alpha value is -6.02. The number of rotatable bonds is 7. The van der Waals surface area contributed by atoms with Gasteiger partial charge in [0, 0.05) is 53.5 Å². The van der Waals surface area contributed by atoms with E-state index in [-0.39, 0.29) is 27.2 Å². The number of carbonyl (C=O) groups is 9. The highest BCUT2D eigenvalue weighted by Gasteiger charge is 2.45. The van der Waals surface area contributed by atoms with Gasteiger partial charge in [-0.2, -0.15) is 0 Å². The molecule has 350 valence electrons. The first-order valence-corrected chi connectivity index (χ1v) is 21.9. The number of phenolic OH excluding ortho intramolecular Hbond substituents is 1. The van der Waals surface area contributed by atoms with Crippen molar-refractivity contribution in [1.82, 2.24) is 47.1 Å². The van der Waals surface area contributed by atoms with Crippen molar-refractivity contribution in [3.05, 3.63) is 23.8 Å². The predicted octanol–water partition coefficient (Wildman–Crippen LogP) is -5.92. The molecule has 3 aliphatic rings. The maximum Gasteiger partial charge on any atom is 0.248 e. The van der Waals surface area contributed by atoms with Crippen molar-refractivity contribution < 1.29 is 68.1 Å². The van der Waals surface area contributed by atoms with Crippen LogP contribution in [0.25, 0.3) is 10.9 Å². The van der Waals surface area contributed by atoms with E-state index in [0.717, 1.165) is 4.90 Å². The molecular formula is C39H54N10O14S. The Labute approximate surface area is 368 Å². The molecule has 0 spiro atoms. The predicted molar refractivity (Wildman–Crippen MR) is 222 cm³/mol. The molecule has 5 rings (SSSR count). The first-order chi connectivity index (χ1) is 30.2. The van der Waals surface area contributed by atoms with Crippen LogP contribution in [0.4, 0.5) is 0 Å². The molecule has 1 aromatic carbocycles. The Morgan fingerprint density at radius 1 is 0.891 bits per heavy atom. The number of nitrogens with one attached hydrogen (secondary N) is 8. The van der Waals surface area contributed by atoms with E-state index in [1.54, 1.807) is 13.8 Å².